The van der Waals surface area contributed by atoms with Gasteiger partial charge in [-0.2, -0.15) is 0 Å². The summed E-state index contributed by atoms with van der Waals surface area (Å²) in [5.41, 5.74) is 12.3. The van der Waals surface area contributed by atoms with Gasteiger partial charge in [0.25, 0.3) is 5.89 Å². The molecule has 4 heterocycles. The number of nitrogen functional groups attached to an aromatic ring is 1. The van der Waals surface area contributed by atoms with Crippen molar-refractivity contribution in [2.45, 2.75) is 13.0 Å². The van der Waals surface area contributed by atoms with Crippen LogP contribution >= 0.6 is 0 Å². The molecule has 5 aromatic rings. The quantitative estimate of drug-likeness (QED) is 0.283. The number of methoxy groups -OCH3 is 1. The lowest BCUT2D eigenvalue weighted by Crippen LogP contribution is -2.31. The van der Waals surface area contributed by atoms with Crippen molar-refractivity contribution in [3.63, 3.8) is 0 Å². The van der Waals surface area contributed by atoms with Gasteiger partial charge < -0.3 is 34.6 Å². The molecule has 0 unspecified atom stereocenters. The Hall–Kier alpha value is -4.64. The van der Waals surface area contributed by atoms with Crippen LogP contribution in [0.4, 0.5) is 23.0 Å². The molecule has 1 aliphatic carbocycles. The highest BCUT2D eigenvalue weighted by Gasteiger charge is 2.57. The molecule has 1 saturated carbocycles. The number of hydrogen-bond donors (Lipinski definition) is 2. The van der Waals surface area contributed by atoms with E-state index in [2.05, 4.69) is 67.3 Å². The van der Waals surface area contributed by atoms with E-state index >= 15 is 0 Å². The van der Waals surface area contributed by atoms with Gasteiger partial charge >= 0.3 is 0 Å². The number of nitrogens with zero attached hydrogens (tertiary/aromatic N) is 7. The zero-order chi connectivity index (χ0) is 28.4. The highest BCUT2D eigenvalue weighted by atomic mass is 16.5. The zero-order valence-electron chi connectivity index (χ0n) is 23.8. The molecule has 0 amide bonds. The summed E-state index contributed by atoms with van der Waals surface area (Å²) in [7, 11) is 7.98. The Kier molecular flexibility index (Phi) is 5.86. The van der Waals surface area contributed by atoms with Crippen molar-refractivity contribution in [1.29, 1.82) is 0 Å². The van der Waals surface area contributed by atoms with E-state index in [9.17, 15) is 0 Å². The third-order valence-electron chi connectivity index (χ3n) is 8.45. The number of para-hydroxylation sites is 1. The Morgan fingerprint density at radius 2 is 1.88 bits per heavy atom. The maximum atomic E-state index is 6.61. The summed E-state index contributed by atoms with van der Waals surface area (Å²) in [5, 5.41) is 12.7. The van der Waals surface area contributed by atoms with E-state index in [1.807, 2.05) is 31.3 Å². The van der Waals surface area contributed by atoms with Gasteiger partial charge in [0, 0.05) is 75.1 Å². The molecule has 2 aliphatic rings. The monoisotopic (exact) mass is 551 g/mol. The van der Waals surface area contributed by atoms with Crippen LogP contribution in [0.25, 0.3) is 33.6 Å². The molecule has 11 heteroatoms. The number of likely N-dealkylation sites (tertiary alicyclic amines) is 1. The number of piperidine rings is 1. The van der Waals surface area contributed by atoms with Crippen LogP contribution in [0.2, 0.25) is 0 Å². The Labute approximate surface area is 238 Å². The first kappa shape index (κ1) is 25.3. The first-order valence-corrected chi connectivity index (χ1v) is 13.7. The molecular weight excluding hydrogens is 518 g/mol. The van der Waals surface area contributed by atoms with Gasteiger partial charge in [-0.05, 0) is 31.0 Å². The van der Waals surface area contributed by atoms with Crippen molar-refractivity contribution in [2.24, 2.45) is 18.9 Å². The standard InChI is InChI=1S/C30H33N9O2/c1-16-35-36-29(41-16)18-12-32-30(34-27(18)19-15-38(3)24-9-7-6-8-17(19)24)33-23-10-22(31)25(11-26(23)40-5)39(4)28-20-13-37(2)14-21(20)28/h6-12,15,20-21,28H,13-14,31H2,1-5H3,(H,32,33,34)/t20-,21+,28+. The fraction of sp³-hybridized carbons (Fsp3) is 0.333. The van der Waals surface area contributed by atoms with Gasteiger partial charge in [0.1, 0.15) is 5.75 Å². The molecule has 0 bridgehead atoms. The molecule has 0 spiro atoms. The van der Waals surface area contributed by atoms with Gasteiger partial charge in [-0.25, -0.2) is 9.97 Å². The first-order chi connectivity index (χ1) is 19.8. The fourth-order valence-electron chi connectivity index (χ4n) is 6.46. The van der Waals surface area contributed by atoms with E-state index in [-0.39, 0.29) is 0 Å². The largest absolute Gasteiger partial charge is 0.494 e. The Morgan fingerprint density at radius 1 is 1.10 bits per heavy atom. The Morgan fingerprint density at radius 3 is 2.61 bits per heavy atom. The van der Waals surface area contributed by atoms with E-state index in [1.54, 1.807) is 20.2 Å². The van der Waals surface area contributed by atoms with Crippen LogP contribution < -0.4 is 20.7 Å². The number of hydrogen-bond acceptors (Lipinski definition) is 10. The van der Waals surface area contributed by atoms with Gasteiger partial charge in [-0.15, -0.1) is 10.2 Å². The minimum Gasteiger partial charge on any atom is -0.494 e. The number of anilines is 4. The van der Waals surface area contributed by atoms with Gasteiger partial charge in [0.2, 0.25) is 11.8 Å². The van der Waals surface area contributed by atoms with Crippen molar-refractivity contribution in [1.82, 2.24) is 29.6 Å². The number of aryl methyl sites for hydroxylation is 2. The number of nitrogens with one attached hydrogen (secondary N) is 1. The molecule has 2 fully saturated rings. The fourth-order valence-corrected chi connectivity index (χ4v) is 6.46. The van der Waals surface area contributed by atoms with Gasteiger partial charge in [-0.3, -0.25) is 0 Å². The van der Waals surface area contributed by atoms with Crippen molar-refractivity contribution >= 4 is 33.9 Å². The van der Waals surface area contributed by atoms with Crippen LogP contribution in [0.5, 0.6) is 5.75 Å². The highest BCUT2D eigenvalue weighted by molar-refractivity contribution is 5.98. The van der Waals surface area contributed by atoms with E-state index in [0.717, 1.165) is 35.2 Å². The molecule has 0 radical (unpaired) electrons. The molecule has 41 heavy (non-hydrogen) atoms. The van der Waals surface area contributed by atoms with Crippen molar-refractivity contribution in [3.05, 3.63) is 54.7 Å². The van der Waals surface area contributed by atoms with Crippen LogP contribution in [0.3, 0.4) is 0 Å². The third-order valence-corrected chi connectivity index (χ3v) is 8.45. The van der Waals surface area contributed by atoms with Crippen LogP contribution in [-0.2, 0) is 7.05 Å². The summed E-state index contributed by atoms with van der Waals surface area (Å²) in [5.74, 6) is 3.27. The molecule has 11 nitrogen and oxygen atoms in total. The van der Waals surface area contributed by atoms with E-state index in [4.69, 9.17) is 19.9 Å². The zero-order valence-corrected chi connectivity index (χ0v) is 23.8. The summed E-state index contributed by atoms with van der Waals surface area (Å²) < 4.78 is 13.7. The molecule has 210 valence electrons. The highest BCUT2D eigenvalue weighted by Crippen LogP contribution is 2.50. The second kappa shape index (κ2) is 9.48. The van der Waals surface area contributed by atoms with Gasteiger partial charge in [0.05, 0.1) is 35.4 Å². The lowest BCUT2D eigenvalue weighted by Gasteiger charge is -2.26. The number of fused-ring (bicyclic) bond motifs is 2. The maximum absolute atomic E-state index is 6.61. The van der Waals surface area contributed by atoms with Crippen LogP contribution in [0.15, 0.2) is 53.2 Å². The number of benzene rings is 2. The number of rotatable bonds is 7. The van der Waals surface area contributed by atoms with Crippen molar-refractivity contribution in [3.8, 4) is 28.5 Å². The number of ether oxygens (including phenoxy) is 1. The minimum absolute atomic E-state index is 0.363. The molecule has 1 saturated heterocycles. The van der Waals surface area contributed by atoms with Crippen LogP contribution in [0, 0.1) is 18.8 Å². The summed E-state index contributed by atoms with van der Waals surface area (Å²) in [6, 6.07) is 12.6. The summed E-state index contributed by atoms with van der Waals surface area (Å²) in [4.78, 5) is 14.3. The summed E-state index contributed by atoms with van der Waals surface area (Å²) in [6.45, 7) is 4.02. The van der Waals surface area contributed by atoms with E-state index in [0.29, 0.717) is 64.0 Å². The van der Waals surface area contributed by atoms with Crippen LogP contribution in [-0.4, -0.2) is 70.0 Å². The van der Waals surface area contributed by atoms with Crippen molar-refractivity contribution in [2.75, 3.05) is 50.2 Å². The molecule has 2 aromatic carbocycles. The predicted octanol–water partition coefficient (Wildman–Crippen LogP) is 4.32. The van der Waals surface area contributed by atoms with Crippen molar-refractivity contribution < 1.29 is 9.15 Å². The molecule has 7 rings (SSSR count). The predicted molar refractivity (Wildman–Crippen MR) is 159 cm³/mol. The molecule has 3 N–H and O–H groups in total. The van der Waals surface area contributed by atoms with Crippen LogP contribution in [0.1, 0.15) is 5.89 Å². The second-order valence-electron chi connectivity index (χ2n) is 11.1. The average Bonchev–Trinajstić information content (AvgIpc) is 3.27. The first-order valence-electron chi connectivity index (χ1n) is 13.7. The molecular formula is C30H33N9O2. The summed E-state index contributed by atoms with van der Waals surface area (Å²) in [6.07, 6.45) is 3.76. The van der Waals surface area contributed by atoms with E-state index in [1.165, 1.54) is 0 Å². The lowest BCUT2D eigenvalue weighted by atomic mass is 10.1. The SMILES string of the molecule is COc1cc(N(C)[C@H]2[C@@H]3CN(C)C[C@@H]32)c(N)cc1Nc1ncc(-c2nnc(C)o2)c(-c2cn(C)c3ccccc23)n1. The Bertz CT molecular complexity index is 1770. The average molecular weight is 552 g/mol. The second-order valence-corrected chi connectivity index (χ2v) is 11.1. The third kappa shape index (κ3) is 4.24. The molecule has 1 aliphatic heterocycles. The summed E-state index contributed by atoms with van der Waals surface area (Å²) >= 11 is 0. The van der Waals surface area contributed by atoms with E-state index < -0.39 is 0 Å². The normalized spacial score (nSPS) is 19.9. The number of aromatic nitrogens is 5. The smallest absolute Gasteiger partial charge is 0.251 e. The number of nitrogens with two attached hydrogens (primary N) is 1. The topological polar surface area (TPSA) is 123 Å². The van der Waals surface area contributed by atoms with Gasteiger partial charge in [-0.1, -0.05) is 18.2 Å². The molecule has 3 aromatic heterocycles. The minimum atomic E-state index is 0.363. The lowest BCUT2D eigenvalue weighted by molar-refractivity contribution is 0.360. The Balaban J connectivity index is 1.26. The van der Waals surface area contributed by atoms with Gasteiger partial charge in [0.15, 0.2) is 0 Å². The molecule has 3 atom stereocenters. The maximum Gasteiger partial charge on any atom is 0.251 e.